The molecule has 11 rings (SSSR count). The molecule has 0 aliphatic heterocycles. The first-order valence-corrected chi connectivity index (χ1v) is 19.6. The maximum Gasteiger partial charge on any atom is 0.416 e. The molecule has 0 atom stereocenters. The second kappa shape index (κ2) is 13.9. The Bertz CT molecular complexity index is 3290. The SMILES string of the molecule is FC(F)(F)c1ccc(-c2cc(-n3c4ccccc4c4ccc(-n5c6ccccc6c6ccccc65)cc43)ccc2-c2nc(-c3ccccc3)nc(-c3ccccc3)n2)cc1. The molecule has 0 aliphatic carbocycles. The maximum absolute atomic E-state index is 13.9. The van der Waals surface area contributed by atoms with Crippen LogP contribution in [0, 0.1) is 0 Å². The van der Waals surface area contributed by atoms with Gasteiger partial charge in [0.15, 0.2) is 17.5 Å². The summed E-state index contributed by atoms with van der Waals surface area (Å²) in [5, 5.41) is 4.51. The van der Waals surface area contributed by atoms with Crippen molar-refractivity contribution < 1.29 is 13.2 Å². The van der Waals surface area contributed by atoms with E-state index in [0.29, 0.717) is 34.2 Å². The van der Waals surface area contributed by atoms with Crippen LogP contribution < -0.4 is 0 Å². The van der Waals surface area contributed by atoms with E-state index in [2.05, 4.69) is 88.0 Å². The summed E-state index contributed by atoms with van der Waals surface area (Å²) in [6.45, 7) is 0. The summed E-state index contributed by atoms with van der Waals surface area (Å²) in [4.78, 5) is 14.9. The van der Waals surface area contributed by atoms with Crippen LogP contribution in [0.25, 0.3) is 100 Å². The number of rotatable bonds is 6. The van der Waals surface area contributed by atoms with E-state index in [0.717, 1.165) is 67.5 Å². The first-order valence-electron chi connectivity index (χ1n) is 19.6. The molecule has 0 bridgehead atoms. The number of hydrogen-bond acceptors (Lipinski definition) is 3. The molecule has 0 saturated carbocycles. The summed E-state index contributed by atoms with van der Waals surface area (Å²) in [6, 6.07) is 62.5. The zero-order valence-corrected chi connectivity index (χ0v) is 31.8. The quantitative estimate of drug-likeness (QED) is 0.169. The zero-order valence-electron chi connectivity index (χ0n) is 31.8. The molecule has 8 heteroatoms. The molecule has 3 aromatic heterocycles. The lowest BCUT2D eigenvalue weighted by atomic mass is 9.97. The predicted octanol–water partition coefficient (Wildman–Crippen LogP) is 13.8. The number of fused-ring (bicyclic) bond motifs is 6. The Balaban J connectivity index is 1.16. The van der Waals surface area contributed by atoms with Crippen LogP contribution >= 0.6 is 0 Å². The smallest absolute Gasteiger partial charge is 0.309 e. The van der Waals surface area contributed by atoms with Crippen molar-refractivity contribution in [3.05, 3.63) is 200 Å². The van der Waals surface area contributed by atoms with Crippen LogP contribution in [0.15, 0.2) is 194 Å². The van der Waals surface area contributed by atoms with E-state index in [1.807, 2.05) is 91.0 Å². The Morgan fingerprint density at radius 2 is 0.767 bits per heavy atom. The number of aromatic nitrogens is 5. The van der Waals surface area contributed by atoms with Gasteiger partial charge in [-0.1, -0.05) is 133 Å². The highest BCUT2D eigenvalue weighted by Gasteiger charge is 2.30. The molecule has 60 heavy (non-hydrogen) atoms. The fourth-order valence-electron chi connectivity index (χ4n) is 8.45. The van der Waals surface area contributed by atoms with Crippen LogP contribution in [-0.2, 0) is 6.18 Å². The first-order chi connectivity index (χ1) is 29.4. The Morgan fingerprint density at radius 1 is 0.333 bits per heavy atom. The molecule has 0 amide bonds. The summed E-state index contributed by atoms with van der Waals surface area (Å²) in [6.07, 6.45) is -4.48. The monoisotopic (exact) mass is 783 g/mol. The van der Waals surface area contributed by atoms with Crippen molar-refractivity contribution in [2.75, 3.05) is 0 Å². The average Bonchev–Trinajstić information content (AvgIpc) is 3.81. The van der Waals surface area contributed by atoms with E-state index in [9.17, 15) is 13.2 Å². The van der Waals surface area contributed by atoms with Crippen molar-refractivity contribution in [1.29, 1.82) is 0 Å². The molecule has 11 aromatic rings. The lowest BCUT2D eigenvalue weighted by Crippen LogP contribution is -2.04. The largest absolute Gasteiger partial charge is 0.416 e. The molecule has 8 aromatic carbocycles. The van der Waals surface area contributed by atoms with Crippen molar-refractivity contribution in [1.82, 2.24) is 24.1 Å². The van der Waals surface area contributed by atoms with Crippen molar-refractivity contribution in [3.8, 4) is 56.7 Å². The first kappa shape index (κ1) is 35.3. The number of para-hydroxylation sites is 3. The molecule has 0 N–H and O–H groups in total. The van der Waals surface area contributed by atoms with Crippen LogP contribution in [-0.4, -0.2) is 24.1 Å². The highest BCUT2D eigenvalue weighted by atomic mass is 19.4. The minimum absolute atomic E-state index is 0.403. The molecular formula is C52H32F3N5. The lowest BCUT2D eigenvalue weighted by Gasteiger charge is -2.16. The fraction of sp³-hybridized carbons (Fsp3) is 0.0192. The van der Waals surface area contributed by atoms with E-state index in [4.69, 9.17) is 15.0 Å². The van der Waals surface area contributed by atoms with Gasteiger partial charge in [0, 0.05) is 49.6 Å². The van der Waals surface area contributed by atoms with Crippen LogP contribution in [0.5, 0.6) is 0 Å². The van der Waals surface area contributed by atoms with Crippen LogP contribution in [0.3, 0.4) is 0 Å². The van der Waals surface area contributed by atoms with Gasteiger partial charge in [-0.25, -0.2) is 15.0 Å². The fourth-order valence-corrected chi connectivity index (χ4v) is 8.45. The van der Waals surface area contributed by atoms with Gasteiger partial charge < -0.3 is 9.13 Å². The van der Waals surface area contributed by atoms with Gasteiger partial charge in [0.1, 0.15) is 0 Å². The molecule has 0 radical (unpaired) electrons. The Kier molecular flexibility index (Phi) is 8.20. The van der Waals surface area contributed by atoms with Gasteiger partial charge in [0.2, 0.25) is 0 Å². The standard InChI is InChI=1S/C52H32F3N5/c53-52(54,55)36-25-23-33(24-26-36)44-31-37(28-30-43(44)51-57-49(34-13-3-1-4-14-34)56-50(58-51)35-15-5-2-6-16-35)60-47-22-12-9-19-41(47)42-29-27-38(32-48(42)60)59-45-20-10-7-17-39(45)40-18-8-11-21-46(40)59/h1-32H. The molecule has 0 aliphatic rings. The number of halogens is 3. The third kappa shape index (κ3) is 5.91. The van der Waals surface area contributed by atoms with Crippen molar-refractivity contribution in [2.45, 2.75) is 6.18 Å². The maximum atomic E-state index is 13.9. The molecule has 0 fully saturated rings. The van der Waals surface area contributed by atoms with Crippen LogP contribution in [0.1, 0.15) is 5.56 Å². The zero-order chi connectivity index (χ0) is 40.4. The van der Waals surface area contributed by atoms with Crippen molar-refractivity contribution >= 4 is 43.6 Å². The van der Waals surface area contributed by atoms with Gasteiger partial charge in [-0.2, -0.15) is 13.2 Å². The number of alkyl halides is 3. The van der Waals surface area contributed by atoms with Gasteiger partial charge in [-0.05, 0) is 71.8 Å². The molecule has 0 saturated heterocycles. The molecule has 286 valence electrons. The topological polar surface area (TPSA) is 48.5 Å². The Labute approximate surface area is 342 Å². The summed E-state index contributed by atoms with van der Waals surface area (Å²) in [5.41, 5.74) is 8.87. The number of nitrogens with zero attached hydrogens (tertiary/aromatic N) is 5. The Morgan fingerprint density at radius 3 is 1.30 bits per heavy atom. The summed E-state index contributed by atoms with van der Waals surface area (Å²) in [7, 11) is 0. The normalized spacial score (nSPS) is 11.9. The molecule has 0 spiro atoms. The highest BCUT2D eigenvalue weighted by Crippen LogP contribution is 2.40. The highest BCUT2D eigenvalue weighted by molar-refractivity contribution is 6.12. The molecule has 3 heterocycles. The van der Waals surface area contributed by atoms with Crippen LogP contribution in [0.4, 0.5) is 13.2 Å². The second-order valence-electron chi connectivity index (χ2n) is 14.8. The average molecular weight is 784 g/mol. The minimum atomic E-state index is -4.48. The second-order valence-corrected chi connectivity index (χ2v) is 14.8. The minimum Gasteiger partial charge on any atom is -0.309 e. The third-order valence-electron chi connectivity index (χ3n) is 11.2. The molecule has 0 unspecified atom stereocenters. The van der Waals surface area contributed by atoms with E-state index in [1.54, 1.807) is 0 Å². The summed E-state index contributed by atoms with van der Waals surface area (Å²) >= 11 is 0. The van der Waals surface area contributed by atoms with E-state index in [1.165, 1.54) is 22.9 Å². The summed E-state index contributed by atoms with van der Waals surface area (Å²) in [5.74, 6) is 1.38. The van der Waals surface area contributed by atoms with E-state index >= 15 is 0 Å². The van der Waals surface area contributed by atoms with Gasteiger partial charge in [-0.15, -0.1) is 0 Å². The summed E-state index contributed by atoms with van der Waals surface area (Å²) < 4.78 is 46.2. The van der Waals surface area contributed by atoms with Crippen molar-refractivity contribution in [3.63, 3.8) is 0 Å². The van der Waals surface area contributed by atoms with E-state index in [-0.39, 0.29) is 0 Å². The predicted molar refractivity (Wildman–Crippen MR) is 235 cm³/mol. The van der Waals surface area contributed by atoms with Crippen LogP contribution in [0.2, 0.25) is 0 Å². The molecule has 5 nitrogen and oxygen atoms in total. The molecular weight excluding hydrogens is 752 g/mol. The van der Waals surface area contributed by atoms with E-state index < -0.39 is 11.7 Å². The van der Waals surface area contributed by atoms with Crippen molar-refractivity contribution in [2.24, 2.45) is 0 Å². The van der Waals surface area contributed by atoms with Gasteiger partial charge in [0.05, 0.1) is 27.6 Å². The number of hydrogen-bond donors (Lipinski definition) is 0. The van der Waals surface area contributed by atoms with Gasteiger partial charge in [-0.3, -0.25) is 0 Å². The lowest BCUT2D eigenvalue weighted by molar-refractivity contribution is -0.137. The van der Waals surface area contributed by atoms with Gasteiger partial charge >= 0.3 is 6.18 Å². The number of benzene rings is 8. The van der Waals surface area contributed by atoms with Gasteiger partial charge in [0.25, 0.3) is 0 Å². The third-order valence-corrected chi connectivity index (χ3v) is 11.2. The Hall–Kier alpha value is -7.84.